The fraction of sp³-hybridized carbons (Fsp3) is 0.300. The lowest BCUT2D eigenvalue weighted by molar-refractivity contribution is 0.0384. The number of ether oxygens (including phenoxy) is 1. The number of hydrogen-bond donors (Lipinski definition) is 1. The van der Waals surface area contributed by atoms with Crippen LogP contribution in [-0.2, 0) is 33.3 Å². The molecule has 1 amide bonds. The predicted octanol–water partition coefficient (Wildman–Crippen LogP) is 3.82. The van der Waals surface area contributed by atoms with Gasteiger partial charge >= 0.3 is 0 Å². The first kappa shape index (κ1) is 27.7. The summed E-state index contributed by atoms with van der Waals surface area (Å²) in [4.78, 5) is 23.6. The van der Waals surface area contributed by atoms with E-state index in [1.165, 1.54) is 0 Å². The lowest BCUT2D eigenvalue weighted by Crippen LogP contribution is -2.37. The molecule has 40 heavy (non-hydrogen) atoms. The maximum absolute atomic E-state index is 13.1. The number of pyridine rings is 1. The number of benzene rings is 2. The van der Waals surface area contributed by atoms with E-state index in [2.05, 4.69) is 20.2 Å². The van der Waals surface area contributed by atoms with Crippen molar-refractivity contribution in [3.8, 4) is 11.5 Å². The van der Waals surface area contributed by atoms with E-state index in [0.29, 0.717) is 35.0 Å². The predicted molar refractivity (Wildman–Crippen MR) is 150 cm³/mol. The van der Waals surface area contributed by atoms with Crippen molar-refractivity contribution in [2.24, 2.45) is 0 Å². The van der Waals surface area contributed by atoms with Gasteiger partial charge in [0.2, 0.25) is 5.89 Å². The number of carbonyl (C=O) groups is 1. The Morgan fingerprint density at radius 1 is 1.00 bits per heavy atom. The van der Waals surface area contributed by atoms with Crippen LogP contribution in [0.1, 0.15) is 32.9 Å². The van der Waals surface area contributed by atoms with E-state index < -0.39 is 9.84 Å². The zero-order valence-electron chi connectivity index (χ0n) is 22.4. The summed E-state index contributed by atoms with van der Waals surface area (Å²) in [5.74, 6) is 0.282. The molecule has 3 heterocycles. The fourth-order valence-corrected chi connectivity index (χ4v) is 5.82. The smallest absolute Gasteiger partial charge is 0.251 e. The molecule has 9 nitrogen and oxygen atoms in total. The summed E-state index contributed by atoms with van der Waals surface area (Å²) in [5, 5.41) is 2.86. The summed E-state index contributed by atoms with van der Waals surface area (Å²) in [6.07, 6.45) is 4.24. The molecule has 1 fully saturated rings. The van der Waals surface area contributed by atoms with Crippen LogP contribution in [0, 0.1) is 6.92 Å². The van der Waals surface area contributed by atoms with Crippen LogP contribution < -0.4 is 5.32 Å². The second-order valence-corrected chi connectivity index (χ2v) is 11.7. The molecule has 1 N–H and O–H groups in total. The molecule has 0 spiro atoms. The Hall–Kier alpha value is -3.86. The highest BCUT2D eigenvalue weighted by molar-refractivity contribution is 7.90. The first-order valence-corrected chi connectivity index (χ1v) is 14.9. The Bertz CT molecular complexity index is 1530. The Balaban J connectivity index is 1.20. The van der Waals surface area contributed by atoms with E-state index in [0.717, 1.165) is 50.4 Å². The first-order valence-electron chi connectivity index (χ1n) is 13.2. The molecule has 0 saturated carbocycles. The van der Waals surface area contributed by atoms with Crippen molar-refractivity contribution in [1.29, 1.82) is 0 Å². The first-order chi connectivity index (χ1) is 19.4. The molecule has 4 aromatic rings. The fourth-order valence-electron chi connectivity index (χ4n) is 4.48. The van der Waals surface area contributed by atoms with Gasteiger partial charge in [-0.25, -0.2) is 13.4 Å². The average molecular weight is 561 g/mol. The molecule has 1 saturated heterocycles. The molecular formula is C30H32N4O5S. The normalized spacial score (nSPS) is 14.2. The van der Waals surface area contributed by atoms with Gasteiger partial charge in [-0.3, -0.25) is 14.7 Å². The van der Waals surface area contributed by atoms with Crippen LogP contribution in [0.4, 0.5) is 0 Å². The minimum atomic E-state index is -3.61. The maximum atomic E-state index is 13.1. The van der Waals surface area contributed by atoms with Crippen molar-refractivity contribution in [3.63, 3.8) is 0 Å². The lowest BCUT2D eigenvalue weighted by Gasteiger charge is -2.26. The number of nitrogens with one attached hydrogen (secondary N) is 1. The van der Waals surface area contributed by atoms with Crippen molar-refractivity contribution >= 4 is 15.7 Å². The van der Waals surface area contributed by atoms with Crippen LogP contribution in [0.2, 0.25) is 0 Å². The zero-order valence-corrected chi connectivity index (χ0v) is 23.2. The third-order valence-corrected chi connectivity index (χ3v) is 8.54. The summed E-state index contributed by atoms with van der Waals surface area (Å²) >= 11 is 0. The molecule has 10 heteroatoms. The number of morpholine rings is 1. The third kappa shape index (κ3) is 7.01. The van der Waals surface area contributed by atoms with Gasteiger partial charge in [-0.1, -0.05) is 18.2 Å². The Labute approximate surface area is 234 Å². The lowest BCUT2D eigenvalue weighted by atomic mass is 10.1. The number of aryl methyl sites for hydroxylation is 1. The second-order valence-electron chi connectivity index (χ2n) is 9.75. The SMILES string of the molecule is Cc1oc(-c2ccc(C(=O)NCc3cccnc3)cc2)nc1CS(=O)(=O)c1ccc(CCN2CCOCC2)cc1. The van der Waals surface area contributed by atoms with Gasteiger partial charge in [-0.05, 0) is 66.9 Å². The number of sulfone groups is 1. The van der Waals surface area contributed by atoms with Gasteiger partial charge < -0.3 is 14.5 Å². The van der Waals surface area contributed by atoms with E-state index >= 15 is 0 Å². The summed E-state index contributed by atoms with van der Waals surface area (Å²) in [6, 6.07) is 17.6. The number of rotatable bonds is 10. The van der Waals surface area contributed by atoms with Crippen LogP contribution in [0.25, 0.3) is 11.5 Å². The van der Waals surface area contributed by atoms with E-state index in [-0.39, 0.29) is 16.6 Å². The van der Waals surface area contributed by atoms with Crippen LogP contribution in [0.15, 0.2) is 82.4 Å². The second kappa shape index (κ2) is 12.5. The van der Waals surface area contributed by atoms with Crippen LogP contribution >= 0.6 is 0 Å². The quantitative estimate of drug-likeness (QED) is 0.311. The highest BCUT2D eigenvalue weighted by Gasteiger charge is 2.21. The largest absolute Gasteiger partial charge is 0.441 e. The van der Waals surface area contributed by atoms with E-state index in [1.54, 1.807) is 55.7 Å². The van der Waals surface area contributed by atoms with Gasteiger partial charge in [-0.15, -0.1) is 0 Å². The highest BCUT2D eigenvalue weighted by Crippen LogP contribution is 2.25. The number of nitrogens with zero attached hydrogens (tertiary/aromatic N) is 3. The number of amides is 1. The van der Waals surface area contributed by atoms with Crippen LogP contribution in [-0.4, -0.2) is 62.0 Å². The molecule has 0 unspecified atom stereocenters. The Morgan fingerprint density at radius 3 is 2.45 bits per heavy atom. The molecule has 2 aromatic heterocycles. The van der Waals surface area contributed by atoms with Gasteiger partial charge in [0.05, 0.1) is 23.8 Å². The van der Waals surface area contributed by atoms with Gasteiger partial charge in [-0.2, -0.15) is 0 Å². The standard InChI is InChI=1S/C30H32N4O5S/c1-22-28(21-40(36,37)27-10-4-23(5-11-27)12-14-34-15-17-38-18-16-34)33-30(39-22)26-8-6-25(7-9-26)29(35)32-20-24-3-2-13-31-19-24/h2-11,13,19H,12,14-18,20-21H2,1H3,(H,32,35). The van der Waals surface area contributed by atoms with Gasteiger partial charge in [0.25, 0.3) is 5.91 Å². The van der Waals surface area contributed by atoms with Gasteiger partial charge in [0.15, 0.2) is 9.84 Å². The zero-order chi connectivity index (χ0) is 28.0. The molecule has 1 aliphatic rings. The van der Waals surface area contributed by atoms with Crippen molar-refractivity contribution in [2.45, 2.75) is 30.5 Å². The topological polar surface area (TPSA) is 115 Å². The minimum Gasteiger partial charge on any atom is -0.441 e. The number of oxazole rings is 1. The molecule has 0 atom stereocenters. The molecule has 0 bridgehead atoms. The highest BCUT2D eigenvalue weighted by atomic mass is 32.2. The number of hydrogen-bond acceptors (Lipinski definition) is 8. The van der Waals surface area contributed by atoms with Gasteiger partial charge in [0, 0.05) is 49.7 Å². The summed E-state index contributed by atoms with van der Waals surface area (Å²) in [6.45, 7) is 6.38. The van der Waals surface area contributed by atoms with Gasteiger partial charge in [0.1, 0.15) is 11.5 Å². The van der Waals surface area contributed by atoms with E-state index in [9.17, 15) is 13.2 Å². The molecule has 1 aliphatic heterocycles. The summed E-state index contributed by atoms with van der Waals surface area (Å²) in [5.41, 5.74) is 3.52. The Kier molecular flexibility index (Phi) is 8.69. The minimum absolute atomic E-state index is 0.210. The van der Waals surface area contributed by atoms with Crippen molar-refractivity contribution < 1.29 is 22.4 Å². The number of carbonyl (C=O) groups excluding carboxylic acids is 1. The van der Waals surface area contributed by atoms with Crippen LogP contribution in [0.3, 0.4) is 0 Å². The Morgan fingerprint density at radius 2 is 1.75 bits per heavy atom. The number of aromatic nitrogens is 2. The molecule has 0 radical (unpaired) electrons. The summed E-state index contributed by atoms with van der Waals surface area (Å²) in [7, 11) is -3.61. The summed E-state index contributed by atoms with van der Waals surface area (Å²) < 4.78 is 37.5. The van der Waals surface area contributed by atoms with E-state index in [1.807, 2.05) is 24.3 Å². The molecule has 2 aromatic carbocycles. The average Bonchev–Trinajstić information content (AvgIpc) is 3.35. The van der Waals surface area contributed by atoms with E-state index in [4.69, 9.17) is 9.15 Å². The molecular weight excluding hydrogens is 528 g/mol. The molecule has 208 valence electrons. The molecule has 0 aliphatic carbocycles. The molecule has 5 rings (SSSR count). The van der Waals surface area contributed by atoms with Crippen molar-refractivity contribution in [3.05, 3.63) is 101 Å². The maximum Gasteiger partial charge on any atom is 0.251 e. The van der Waals surface area contributed by atoms with Crippen molar-refractivity contribution in [2.75, 3.05) is 32.8 Å². The van der Waals surface area contributed by atoms with Crippen LogP contribution in [0.5, 0.6) is 0 Å². The monoisotopic (exact) mass is 560 g/mol. The third-order valence-electron chi connectivity index (χ3n) is 6.89. The van der Waals surface area contributed by atoms with Crippen molar-refractivity contribution in [1.82, 2.24) is 20.2 Å².